The van der Waals surface area contributed by atoms with Gasteiger partial charge in [0.05, 0.1) is 6.04 Å². The summed E-state index contributed by atoms with van der Waals surface area (Å²) in [5.41, 5.74) is 0. The van der Waals surface area contributed by atoms with Crippen LogP contribution in [0.15, 0.2) is 4.99 Å². The molecule has 0 saturated carbocycles. The Hall–Kier alpha value is -1.04. The highest BCUT2D eigenvalue weighted by molar-refractivity contribution is 5.85. The molecule has 0 aromatic carbocycles. The van der Waals surface area contributed by atoms with Crippen molar-refractivity contribution in [2.24, 2.45) is 4.99 Å². The van der Waals surface area contributed by atoms with E-state index in [0.717, 1.165) is 25.1 Å². The van der Waals surface area contributed by atoms with E-state index in [2.05, 4.69) is 17.2 Å². The second kappa shape index (κ2) is 3.21. The Bertz CT molecular complexity index is 178. The average molecular weight is 137 g/mol. The van der Waals surface area contributed by atoms with Crippen LogP contribution in [0.1, 0.15) is 26.2 Å². The van der Waals surface area contributed by atoms with E-state index in [1.54, 1.807) is 0 Å². The molecular weight excluding hydrogens is 126 g/mol. The summed E-state index contributed by atoms with van der Waals surface area (Å²) in [5, 5.41) is 10.8. The fourth-order valence-electron chi connectivity index (χ4n) is 1.11. The van der Waals surface area contributed by atoms with E-state index in [1.807, 2.05) is 6.19 Å². The monoisotopic (exact) mass is 137 g/mol. The Morgan fingerprint density at radius 1 is 1.90 bits per heavy atom. The van der Waals surface area contributed by atoms with Gasteiger partial charge in [-0.2, -0.15) is 5.26 Å². The van der Waals surface area contributed by atoms with Gasteiger partial charge in [0.25, 0.3) is 0 Å². The van der Waals surface area contributed by atoms with Gasteiger partial charge in [0.2, 0.25) is 0 Å². The minimum Gasteiger partial charge on any atom is -0.281 e. The molecular formula is C7H11N3. The fraction of sp³-hybridized carbons (Fsp3) is 0.714. The van der Waals surface area contributed by atoms with Crippen LogP contribution in [-0.4, -0.2) is 11.9 Å². The molecule has 1 rings (SSSR count). The fourth-order valence-corrected chi connectivity index (χ4v) is 1.11. The molecule has 0 bridgehead atoms. The number of nitrogens with one attached hydrogen (secondary N) is 1. The van der Waals surface area contributed by atoms with Crippen LogP contribution in [-0.2, 0) is 0 Å². The summed E-state index contributed by atoms with van der Waals surface area (Å²) in [6, 6.07) is 0.454. The lowest BCUT2D eigenvalue weighted by molar-refractivity contribution is 0.649. The normalized spacial score (nSPS) is 23.6. The molecule has 0 amide bonds. The third-order valence-electron chi connectivity index (χ3n) is 1.72. The van der Waals surface area contributed by atoms with Crippen molar-refractivity contribution in [3.8, 4) is 6.19 Å². The lowest BCUT2D eigenvalue weighted by atomic mass is 10.2. The number of aliphatic imine (C=N–C) groups is 1. The van der Waals surface area contributed by atoms with Crippen LogP contribution >= 0.6 is 0 Å². The zero-order valence-corrected chi connectivity index (χ0v) is 6.09. The quantitative estimate of drug-likeness (QED) is 0.433. The van der Waals surface area contributed by atoms with E-state index in [-0.39, 0.29) is 0 Å². The van der Waals surface area contributed by atoms with Gasteiger partial charge in [-0.25, -0.2) is 0 Å². The zero-order valence-electron chi connectivity index (χ0n) is 6.09. The van der Waals surface area contributed by atoms with Crippen LogP contribution in [0.4, 0.5) is 0 Å². The number of hydrogen-bond acceptors (Lipinski definition) is 3. The molecule has 0 fully saturated rings. The zero-order chi connectivity index (χ0) is 7.40. The smallest absolute Gasteiger partial charge is 0.182 e. The highest BCUT2D eigenvalue weighted by atomic mass is 15.0. The molecule has 1 heterocycles. The van der Waals surface area contributed by atoms with Crippen molar-refractivity contribution in [2.45, 2.75) is 32.2 Å². The summed E-state index contributed by atoms with van der Waals surface area (Å²) in [6.45, 7) is 2.11. The molecule has 0 aromatic heterocycles. The van der Waals surface area contributed by atoms with E-state index in [9.17, 15) is 0 Å². The first kappa shape index (κ1) is 7.07. The number of amidine groups is 1. The second-order valence-electron chi connectivity index (χ2n) is 2.41. The molecule has 1 unspecified atom stereocenters. The summed E-state index contributed by atoms with van der Waals surface area (Å²) in [7, 11) is 0. The maximum absolute atomic E-state index is 8.24. The van der Waals surface area contributed by atoms with Gasteiger partial charge in [-0.15, -0.1) is 0 Å². The molecule has 3 heteroatoms. The van der Waals surface area contributed by atoms with Crippen molar-refractivity contribution >= 4 is 5.84 Å². The third-order valence-corrected chi connectivity index (χ3v) is 1.72. The van der Waals surface area contributed by atoms with Crippen LogP contribution < -0.4 is 5.32 Å². The Balaban J connectivity index is 2.42. The van der Waals surface area contributed by atoms with Gasteiger partial charge >= 0.3 is 0 Å². The molecule has 1 atom stereocenters. The van der Waals surface area contributed by atoms with E-state index in [1.165, 1.54) is 0 Å². The molecule has 0 aliphatic carbocycles. The molecule has 1 aliphatic rings. The predicted octanol–water partition coefficient (Wildman–Crippen LogP) is 1.03. The molecule has 10 heavy (non-hydrogen) atoms. The van der Waals surface area contributed by atoms with E-state index < -0.39 is 0 Å². The van der Waals surface area contributed by atoms with Crippen LogP contribution in [0.5, 0.6) is 0 Å². The Morgan fingerprint density at radius 3 is 3.20 bits per heavy atom. The lowest BCUT2D eigenvalue weighted by Crippen LogP contribution is -2.13. The van der Waals surface area contributed by atoms with E-state index in [4.69, 9.17) is 5.26 Å². The molecule has 0 spiro atoms. The first-order valence-corrected chi connectivity index (χ1v) is 3.58. The predicted molar refractivity (Wildman–Crippen MR) is 39.5 cm³/mol. The third kappa shape index (κ3) is 1.47. The summed E-state index contributed by atoms with van der Waals surface area (Å²) in [4.78, 5) is 4.28. The number of hydrogen-bond donors (Lipinski definition) is 1. The maximum Gasteiger partial charge on any atom is 0.182 e. The summed E-state index contributed by atoms with van der Waals surface area (Å²) in [5.74, 6) is 0.856. The molecule has 54 valence electrons. The van der Waals surface area contributed by atoms with Crippen molar-refractivity contribution in [2.75, 3.05) is 0 Å². The second-order valence-corrected chi connectivity index (χ2v) is 2.41. The topological polar surface area (TPSA) is 48.2 Å². The molecule has 1 aliphatic heterocycles. The first-order chi connectivity index (χ1) is 4.86. The van der Waals surface area contributed by atoms with Gasteiger partial charge < -0.3 is 0 Å². The molecule has 1 N–H and O–H groups in total. The number of nitrogens with zero attached hydrogens (tertiary/aromatic N) is 2. The largest absolute Gasteiger partial charge is 0.281 e. The first-order valence-electron chi connectivity index (χ1n) is 3.58. The molecule has 0 saturated heterocycles. The van der Waals surface area contributed by atoms with Gasteiger partial charge in [0, 0.05) is 6.42 Å². The van der Waals surface area contributed by atoms with Crippen LogP contribution in [0.25, 0.3) is 0 Å². The van der Waals surface area contributed by atoms with Gasteiger partial charge in [0.1, 0.15) is 5.84 Å². The van der Waals surface area contributed by atoms with Crippen LogP contribution in [0, 0.1) is 11.5 Å². The van der Waals surface area contributed by atoms with Crippen molar-refractivity contribution in [3.05, 3.63) is 0 Å². The number of rotatable bonds is 1. The van der Waals surface area contributed by atoms with Crippen molar-refractivity contribution in [1.29, 1.82) is 5.26 Å². The van der Waals surface area contributed by atoms with E-state index in [0.29, 0.717) is 6.04 Å². The van der Waals surface area contributed by atoms with E-state index >= 15 is 0 Å². The molecule has 0 radical (unpaired) electrons. The van der Waals surface area contributed by atoms with Crippen molar-refractivity contribution in [3.63, 3.8) is 0 Å². The van der Waals surface area contributed by atoms with Crippen molar-refractivity contribution in [1.82, 2.24) is 5.32 Å². The SMILES string of the molecule is CCC1CCC(NC#N)=N1. The molecule has 0 aromatic rings. The van der Waals surface area contributed by atoms with Gasteiger partial charge in [-0.05, 0) is 12.8 Å². The van der Waals surface area contributed by atoms with Gasteiger partial charge in [-0.1, -0.05) is 6.92 Å². The van der Waals surface area contributed by atoms with Gasteiger partial charge in [0.15, 0.2) is 6.19 Å². The van der Waals surface area contributed by atoms with Crippen molar-refractivity contribution < 1.29 is 0 Å². The Kier molecular flexibility index (Phi) is 2.27. The summed E-state index contributed by atoms with van der Waals surface area (Å²) >= 11 is 0. The standard InChI is InChI=1S/C7H11N3/c1-2-6-3-4-7(10-6)9-5-8/h6H,2-4H2,1H3,(H,9,10). The minimum atomic E-state index is 0.454. The summed E-state index contributed by atoms with van der Waals surface area (Å²) in [6.07, 6.45) is 4.99. The lowest BCUT2D eigenvalue weighted by Gasteiger charge is -1.96. The average Bonchev–Trinajstić information content (AvgIpc) is 2.37. The van der Waals surface area contributed by atoms with Crippen LogP contribution in [0.2, 0.25) is 0 Å². The minimum absolute atomic E-state index is 0.454. The molecule has 3 nitrogen and oxygen atoms in total. The maximum atomic E-state index is 8.24. The Morgan fingerprint density at radius 2 is 2.70 bits per heavy atom. The highest BCUT2D eigenvalue weighted by Gasteiger charge is 2.14. The van der Waals surface area contributed by atoms with Gasteiger partial charge in [-0.3, -0.25) is 10.3 Å². The highest BCUT2D eigenvalue weighted by Crippen LogP contribution is 2.13. The summed E-state index contributed by atoms with van der Waals surface area (Å²) < 4.78 is 0. The Labute approximate surface area is 60.8 Å². The van der Waals surface area contributed by atoms with Crippen LogP contribution in [0.3, 0.4) is 0 Å². The number of nitriles is 1.